The molecule has 1 aliphatic rings. The molecule has 1 amide bonds. The van der Waals surface area contributed by atoms with Crippen molar-refractivity contribution in [3.8, 4) is 0 Å². The van der Waals surface area contributed by atoms with Crippen LogP contribution in [0.2, 0.25) is 0 Å². The third-order valence-corrected chi connectivity index (χ3v) is 3.69. The third-order valence-electron chi connectivity index (χ3n) is 3.69. The van der Waals surface area contributed by atoms with E-state index in [-0.39, 0.29) is 18.0 Å². The minimum atomic E-state index is -0.294. The van der Waals surface area contributed by atoms with Crippen LogP contribution in [-0.4, -0.2) is 25.5 Å². The Kier molecular flexibility index (Phi) is 3.81. The molecule has 7 heteroatoms. The number of amides is 1. The number of hydrogen-bond donors (Lipinski definition) is 1. The van der Waals surface area contributed by atoms with Gasteiger partial charge in [-0.25, -0.2) is 9.36 Å². The van der Waals surface area contributed by atoms with Crippen LogP contribution in [0.3, 0.4) is 0 Å². The van der Waals surface area contributed by atoms with Crippen LogP contribution in [0.5, 0.6) is 0 Å². The van der Waals surface area contributed by atoms with E-state index in [0.717, 1.165) is 17.5 Å². The number of carbonyl (C=O) groups is 1. The fourth-order valence-electron chi connectivity index (χ4n) is 2.68. The number of nitrogens with one attached hydrogen (secondary N) is 1. The summed E-state index contributed by atoms with van der Waals surface area (Å²) in [6.45, 7) is -0.102. The summed E-state index contributed by atoms with van der Waals surface area (Å²) in [5.74, 6) is 0.395. The molecule has 0 aliphatic heterocycles. The first-order valence-electron chi connectivity index (χ1n) is 7.09. The number of carbonyl (C=O) groups excluding carboxylic acids is 1. The highest BCUT2D eigenvalue weighted by Gasteiger charge is 2.20. The second-order valence-corrected chi connectivity index (χ2v) is 5.17. The van der Waals surface area contributed by atoms with Gasteiger partial charge < -0.3 is 5.32 Å². The standard InChI is InChI=1S/C14H17N5O2/c20-13(10-18-14(21)6-3-8-15-18)17-12-7-9-16-19(12)11-4-1-2-5-11/h3,6-9,11H,1-2,4-5,10H2,(H,17,20). The maximum atomic E-state index is 12.0. The summed E-state index contributed by atoms with van der Waals surface area (Å²) in [4.78, 5) is 23.6. The molecule has 0 aromatic carbocycles. The zero-order valence-corrected chi connectivity index (χ0v) is 11.6. The number of hydrogen-bond acceptors (Lipinski definition) is 4. The van der Waals surface area contributed by atoms with Gasteiger partial charge in [-0.2, -0.15) is 10.2 Å². The minimum absolute atomic E-state index is 0.102. The van der Waals surface area contributed by atoms with Crippen molar-refractivity contribution < 1.29 is 4.79 Å². The predicted octanol–water partition coefficient (Wildman–Crippen LogP) is 1.19. The first-order chi connectivity index (χ1) is 10.2. The molecule has 110 valence electrons. The van der Waals surface area contributed by atoms with Gasteiger partial charge in [-0.1, -0.05) is 12.8 Å². The first-order valence-corrected chi connectivity index (χ1v) is 7.09. The topological polar surface area (TPSA) is 81.8 Å². The SMILES string of the molecule is O=C(Cn1ncccc1=O)Nc1ccnn1C1CCCC1. The molecule has 2 aromatic rings. The van der Waals surface area contributed by atoms with E-state index < -0.39 is 0 Å². The Labute approximate surface area is 121 Å². The Hall–Kier alpha value is -2.44. The van der Waals surface area contributed by atoms with Crippen molar-refractivity contribution in [2.75, 3.05) is 5.32 Å². The van der Waals surface area contributed by atoms with Crippen molar-refractivity contribution in [3.63, 3.8) is 0 Å². The molecular weight excluding hydrogens is 270 g/mol. The fraction of sp³-hybridized carbons (Fsp3) is 0.429. The Morgan fingerprint density at radius 2 is 2.05 bits per heavy atom. The van der Waals surface area contributed by atoms with Gasteiger partial charge in [0.05, 0.1) is 12.2 Å². The van der Waals surface area contributed by atoms with E-state index in [0.29, 0.717) is 11.9 Å². The zero-order chi connectivity index (χ0) is 14.7. The fourth-order valence-corrected chi connectivity index (χ4v) is 2.68. The van der Waals surface area contributed by atoms with E-state index >= 15 is 0 Å². The summed E-state index contributed by atoms with van der Waals surface area (Å²) in [6, 6.07) is 5.06. The summed E-state index contributed by atoms with van der Waals surface area (Å²) >= 11 is 0. The highest BCUT2D eigenvalue weighted by Crippen LogP contribution is 2.31. The van der Waals surface area contributed by atoms with Gasteiger partial charge in [0.1, 0.15) is 12.4 Å². The highest BCUT2D eigenvalue weighted by molar-refractivity contribution is 5.89. The quantitative estimate of drug-likeness (QED) is 0.916. The van der Waals surface area contributed by atoms with E-state index in [9.17, 15) is 9.59 Å². The third kappa shape index (κ3) is 3.01. The molecule has 0 bridgehead atoms. The average Bonchev–Trinajstić information content (AvgIpc) is 3.11. The molecule has 7 nitrogen and oxygen atoms in total. The lowest BCUT2D eigenvalue weighted by Crippen LogP contribution is -2.29. The number of rotatable bonds is 4. The monoisotopic (exact) mass is 287 g/mol. The zero-order valence-electron chi connectivity index (χ0n) is 11.6. The Morgan fingerprint density at radius 1 is 1.24 bits per heavy atom. The maximum absolute atomic E-state index is 12.0. The van der Waals surface area contributed by atoms with Crippen molar-refractivity contribution >= 4 is 11.7 Å². The summed E-state index contributed by atoms with van der Waals surface area (Å²) in [5.41, 5.74) is -0.294. The molecule has 1 N–H and O–H groups in total. The van der Waals surface area contributed by atoms with E-state index in [2.05, 4.69) is 15.5 Å². The largest absolute Gasteiger partial charge is 0.309 e. The van der Waals surface area contributed by atoms with Gasteiger partial charge in [-0.15, -0.1) is 0 Å². The lowest BCUT2D eigenvalue weighted by molar-refractivity contribution is -0.117. The molecule has 1 saturated carbocycles. The Morgan fingerprint density at radius 3 is 2.81 bits per heavy atom. The highest BCUT2D eigenvalue weighted by atomic mass is 16.2. The molecule has 0 spiro atoms. The van der Waals surface area contributed by atoms with Gasteiger partial charge in [-0.05, 0) is 18.9 Å². The summed E-state index contributed by atoms with van der Waals surface area (Å²) in [7, 11) is 0. The van der Waals surface area contributed by atoms with Crippen LogP contribution in [0.4, 0.5) is 5.82 Å². The molecule has 0 saturated heterocycles. The second-order valence-electron chi connectivity index (χ2n) is 5.17. The number of anilines is 1. The van der Waals surface area contributed by atoms with Crippen LogP contribution in [0.25, 0.3) is 0 Å². The van der Waals surface area contributed by atoms with Crippen molar-refractivity contribution in [2.45, 2.75) is 38.3 Å². The predicted molar refractivity (Wildman–Crippen MR) is 76.9 cm³/mol. The molecule has 1 aliphatic carbocycles. The van der Waals surface area contributed by atoms with Gasteiger partial charge in [0, 0.05) is 18.3 Å². The van der Waals surface area contributed by atoms with Gasteiger partial charge in [0.2, 0.25) is 5.91 Å². The van der Waals surface area contributed by atoms with Gasteiger partial charge >= 0.3 is 0 Å². The van der Waals surface area contributed by atoms with Gasteiger partial charge in [0.15, 0.2) is 0 Å². The average molecular weight is 287 g/mol. The van der Waals surface area contributed by atoms with Crippen molar-refractivity contribution in [1.29, 1.82) is 0 Å². The minimum Gasteiger partial charge on any atom is -0.309 e. The Balaban J connectivity index is 1.69. The second kappa shape index (κ2) is 5.90. The molecule has 0 radical (unpaired) electrons. The van der Waals surface area contributed by atoms with E-state index in [1.54, 1.807) is 18.3 Å². The molecule has 0 atom stereocenters. The smallest absolute Gasteiger partial charge is 0.267 e. The van der Waals surface area contributed by atoms with E-state index in [1.807, 2.05) is 4.68 Å². The van der Waals surface area contributed by atoms with Crippen LogP contribution in [-0.2, 0) is 11.3 Å². The van der Waals surface area contributed by atoms with Crippen LogP contribution in [0, 0.1) is 0 Å². The van der Waals surface area contributed by atoms with Crippen LogP contribution in [0.1, 0.15) is 31.7 Å². The molecule has 1 fully saturated rings. The van der Waals surface area contributed by atoms with Crippen LogP contribution in [0.15, 0.2) is 35.4 Å². The maximum Gasteiger partial charge on any atom is 0.267 e. The summed E-state index contributed by atoms with van der Waals surface area (Å²) in [5, 5.41) is 11.0. The van der Waals surface area contributed by atoms with Crippen molar-refractivity contribution in [3.05, 3.63) is 40.9 Å². The van der Waals surface area contributed by atoms with E-state index in [1.165, 1.54) is 25.1 Å². The first kappa shape index (κ1) is 13.5. The molecule has 0 unspecified atom stereocenters. The lowest BCUT2D eigenvalue weighted by Gasteiger charge is -2.14. The summed E-state index contributed by atoms with van der Waals surface area (Å²) < 4.78 is 3.00. The Bertz CT molecular complexity index is 684. The molecule has 3 rings (SSSR count). The lowest BCUT2D eigenvalue weighted by atomic mass is 10.2. The normalized spacial score (nSPS) is 15.2. The summed E-state index contributed by atoms with van der Waals surface area (Å²) in [6.07, 6.45) is 7.73. The van der Waals surface area contributed by atoms with E-state index in [4.69, 9.17) is 0 Å². The number of nitrogens with zero attached hydrogens (tertiary/aromatic N) is 4. The van der Waals surface area contributed by atoms with Crippen LogP contribution < -0.4 is 10.9 Å². The molecule has 2 heterocycles. The van der Waals surface area contributed by atoms with Crippen LogP contribution >= 0.6 is 0 Å². The molecule has 21 heavy (non-hydrogen) atoms. The van der Waals surface area contributed by atoms with Gasteiger partial charge in [-0.3, -0.25) is 9.59 Å². The molecular formula is C14H17N5O2. The number of aromatic nitrogens is 4. The molecule has 2 aromatic heterocycles. The van der Waals surface area contributed by atoms with Crippen molar-refractivity contribution in [1.82, 2.24) is 19.6 Å². The van der Waals surface area contributed by atoms with Gasteiger partial charge in [0.25, 0.3) is 5.56 Å². The van der Waals surface area contributed by atoms with Crippen molar-refractivity contribution in [2.24, 2.45) is 0 Å².